The number of phosphoric acid groups is 1. The Morgan fingerprint density at radius 1 is 0.372 bits per heavy atom. The van der Waals surface area contributed by atoms with E-state index in [1.54, 1.807) is 0 Å². The fraction of sp³-hybridized carbons (Fsp3) is 0.773. The molecular weight excluding hydrogens is 1000 g/mol. The van der Waals surface area contributed by atoms with Crippen molar-refractivity contribution in [3.63, 3.8) is 0 Å². The third kappa shape index (κ3) is 57.6. The highest BCUT2D eigenvalue weighted by Gasteiger charge is 2.28. The molecule has 0 radical (unpaired) electrons. The Kier molecular flexibility index (Phi) is 57.7. The molecule has 0 bridgehead atoms. The number of allylic oxidation sites excluding steroid dienone is 12. The summed E-state index contributed by atoms with van der Waals surface area (Å²) in [5.74, 6) is -1.48. The number of carbonyl (C=O) groups is 3. The van der Waals surface area contributed by atoms with E-state index in [1.165, 1.54) is 116 Å². The SMILES string of the molecule is CC/C=C\C/C=C\C/C=C\C/C=C\CCCCCCCCC(=O)OC(COC(=O)CCCCCCCCC/C=C\C/C=C\CCCCC)COP(=O)(O)OCC(CO)OC(=O)CCCCCCCCCCCCCCCCC. The van der Waals surface area contributed by atoms with Gasteiger partial charge in [0.15, 0.2) is 6.10 Å². The van der Waals surface area contributed by atoms with Gasteiger partial charge in [0.05, 0.1) is 19.8 Å². The van der Waals surface area contributed by atoms with Crippen molar-refractivity contribution in [3.8, 4) is 0 Å². The minimum Gasteiger partial charge on any atom is -0.462 e. The first-order chi connectivity index (χ1) is 38.2. The van der Waals surface area contributed by atoms with Crippen molar-refractivity contribution in [2.24, 2.45) is 0 Å². The van der Waals surface area contributed by atoms with E-state index >= 15 is 0 Å². The number of phosphoric ester groups is 1. The standard InChI is InChI=1S/C66H117O11P/c1-4-7-10-13-16-19-22-25-28-30-31-33-36-39-42-45-48-51-54-57-66(70)77-63(59-73-64(68)55-52-49-46-43-40-37-35-32-29-26-23-20-17-14-11-8-5-2)61-75-78(71,72)74-60-62(58-67)76-65(69)56-53-50-47-44-41-38-34-27-24-21-18-15-12-9-6-3/h7,10,16-17,19-20,25-26,28-29,31,33,62-63,67H,4-6,8-9,11-15,18,21-24,27,30,32,34-61H2,1-3H3,(H,71,72)/b10-7-,19-16-,20-17-,28-25-,29-26-,33-31-. The Morgan fingerprint density at radius 2 is 0.667 bits per heavy atom. The van der Waals surface area contributed by atoms with Crippen LogP contribution in [0, 0.1) is 0 Å². The summed E-state index contributed by atoms with van der Waals surface area (Å²) in [4.78, 5) is 48.7. The van der Waals surface area contributed by atoms with Gasteiger partial charge in [0.2, 0.25) is 0 Å². The molecule has 0 aromatic carbocycles. The van der Waals surface area contributed by atoms with Gasteiger partial charge in [-0.3, -0.25) is 23.4 Å². The van der Waals surface area contributed by atoms with Crippen LogP contribution < -0.4 is 0 Å². The van der Waals surface area contributed by atoms with Gasteiger partial charge in [-0.15, -0.1) is 0 Å². The van der Waals surface area contributed by atoms with E-state index in [0.717, 1.165) is 116 Å². The summed E-state index contributed by atoms with van der Waals surface area (Å²) in [6.45, 7) is 4.53. The highest BCUT2D eigenvalue weighted by Crippen LogP contribution is 2.43. The predicted octanol–water partition coefficient (Wildman–Crippen LogP) is 19.3. The van der Waals surface area contributed by atoms with E-state index in [-0.39, 0.29) is 25.9 Å². The van der Waals surface area contributed by atoms with E-state index in [4.69, 9.17) is 23.3 Å². The lowest BCUT2D eigenvalue weighted by Crippen LogP contribution is -2.30. The van der Waals surface area contributed by atoms with Gasteiger partial charge in [-0.05, 0) is 89.9 Å². The molecule has 452 valence electrons. The molecule has 2 N–H and O–H groups in total. The van der Waals surface area contributed by atoms with Crippen molar-refractivity contribution in [1.82, 2.24) is 0 Å². The predicted molar refractivity (Wildman–Crippen MR) is 325 cm³/mol. The zero-order valence-electron chi connectivity index (χ0n) is 50.1. The fourth-order valence-corrected chi connectivity index (χ4v) is 9.57. The third-order valence-electron chi connectivity index (χ3n) is 13.6. The molecule has 0 aliphatic heterocycles. The maximum atomic E-state index is 12.9. The number of unbranched alkanes of at least 4 members (excludes halogenated alkanes) is 30. The summed E-state index contributed by atoms with van der Waals surface area (Å²) in [7, 11) is -4.76. The van der Waals surface area contributed by atoms with Crippen LogP contribution in [0.3, 0.4) is 0 Å². The molecule has 12 heteroatoms. The number of hydrogen-bond donors (Lipinski definition) is 2. The highest BCUT2D eigenvalue weighted by molar-refractivity contribution is 7.47. The van der Waals surface area contributed by atoms with Gasteiger partial charge in [0, 0.05) is 19.3 Å². The Hall–Kier alpha value is -3.08. The third-order valence-corrected chi connectivity index (χ3v) is 14.6. The van der Waals surface area contributed by atoms with Gasteiger partial charge in [0.25, 0.3) is 0 Å². The van der Waals surface area contributed by atoms with Crippen LogP contribution in [0.25, 0.3) is 0 Å². The molecule has 0 saturated carbocycles. The van der Waals surface area contributed by atoms with Crippen LogP contribution in [0.4, 0.5) is 0 Å². The smallest absolute Gasteiger partial charge is 0.462 e. The number of esters is 3. The molecule has 0 heterocycles. The van der Waals surface area contributed by atoms with Gasteiger partial charge >= 0.3 is 25.7 Å². The lowest BCUT2D eigenvalue weighted by molar-refractivity contribution is -0.161. The molecule has 0 aliphatic rings. The van der Waals surface area contributed by atoms with Crippen LogP contribution in [0.1, 0.15) is 290 Å². The summed E-state index contributed by atoms with van der Waals surface area (Å²) in [5, 5.41) is 9.85. The normalized spacial score (nSPS) is 13.8. The number of aliphatic hydroxyl groups excluding tert-OH is 1. The van der Waals surface area contributed by atoms with Gasteiger partial charge in [0.1, 0.15) is 12.7 Å². The number of rotatable bonds is 59. The molecule has 0 saturated heterocycles. The van der Waals surface area contributed by atoms with Crippen LogP contribution in [-0.2, 0) is 42.2 Å². The van der Waals surface area contributed by atoms with Gasteiger partial charge in [-0.25, -0.2) is 4.57 Å². The van der Waals surface area contributed by atoms with Gasteiger partial charge in [-0.2, -0.15) is 0 Å². The quantitative estimate of drug-likeness (QED) is 0.0197. The first-order valence-electron chi connectivity index (χ1n) is 31.8. The highest BCUT2D eigenvalue weighted by atomic mass is 31.2. The molecule has 0 aromatic heterocycles. The van der Waals surface area contributed by atoms with Crippen LogP contribution >= 0.6 is 7.82 Å². The molecule has 0 spiro atoms. The van der Waals surface area contributed by atoms with Crippen LogP contribution in [0.2, 0.25) is 0 Å². The molecular formula is C66H117O11P. The Morgan fingerprint density at radius 3 is 1.05 bits per heavy atom. The summed E-state index contributed by atoms with van der Waals surface area (Å²) in [6.07, 6.45) is 68.4. The van der Waals surface area contributed by atoms with Crippen LogP contribution in [0.5, 0.6) is 0 Å². The van der Waals surface area contributed by atoms with E-state index in [0.29, 0.717) is 19.3 Å². The summed E-state index contributed by atoms with van der Waals surface area (Å²) in [6, 6.07) is 0. The second kappa shape index (κ2) is 60.0. The number of hydrogen-bond acceptors (Lipinski definition) is 10. The summed E-state index contributed by atoms with van der Waals surface area (Å²) >= 11 is 0. The van der Waals surface area contributed by atoms with Crippen molar-refractivity contribution in [3.05, 3.63) is 72.9 Å². The van der Waals surface area contributed by atoms with Gasteiger partial charge in [-0.1, -0.05) is 254 Å². The minimum atomic E-state index is -4.76. The number of ether oxygens (including phenoxy) is 3. The Balaban J connectivity index is 4.73. The van der Waals surface area contributed by atoms with Crippen molar-refractivity contribution in [2.75, 3.05) is 26.4 Å². The Labute approximate surface area is 478 Å². The molecule has 11 nitrogen and oxygen atoms in total. The van der Waals surface area contributed by atoms with E-state index < -0.39 is 57.8 Å². The first-order valence-corrected chi connectivity index (χ1v) is 33.3. The zero-order valence-corrected chi connectivity index (χ0v) is 51.0. The number of aliphatic hydroxyl groups is 1. The van der Waals surface area contributed by atoms with Crippen molar-refractivity contribution in [2.45, 2.75) is 303 Å². The zero-order chi connectivity index (χ0) is 56.9. The summed E-state index contributed by atoms with van der Waals surface area (Å²) < 4.78 is 39.7. The molecule has 78 heavy (non-hydrogen) atoms. The van der Waals surface area contributed by atoms with E-state index in [9.17, 15) is 28.9 Å². The van der Waals surface area contributed by atoms with Crippen molar-refractivity contribution < 1.29 is 52.2 Å². The molecule has 3 unspecified atom stereocenters. The fourth-order valence-electron chi connectivity index (χ4n) is 8.79. The molecule has 0 rings (SSSR count). The molecule has 0 fully saturated rings. The molecule has 0 amide bonds. The average molecular weight is 1120 g/mol. The lowest BCUT2D eigenvalue weighted by Gasteiger charge is -2.21. The van der Waals surface area contributed by atoms with E-state index in [1.807, 2.05) is 0 Å². The molecule has 0 aromatic rings. The topological polar surface area (TPSA) is 155 Å². The maximum absolute atomic E-state index is 12.9. The van der Waals surface area contributed by atoms with E-state index in [2.05, 4.69) is 93.7 Å². The average Bonchev–Trinajstić information content (AvgIpc) is 3.43. The summed E-state index contributed by atoms with van der Waals surface area (Å²) in [5.41, 5.74) is 0. The largest absolute Gasteiger partial charge is 0.472 e. The van der Waals surface area contributed by atoms with Crippen molar-refractivity contribution >= 4 is 25.7 Å². The van der Waals surface area contributed by atoms with Gasteiger partial charge < -0.3 is 24.2 Å². The minimum absolute atomic E-state index is 0.149. The molecule has 0 aliphatic carbocycles. The monoisotopic (exact) mass is 1120 g/mol. The number of carbonyl (C=O) groups excluding carboxylic acids is 3. The maximum Gasteiger partial charge on any atom is 0.472 e. The van der Waals surface area contributed by atoms with Crippen molar-refractivity contribution in [1.29, 1.82) is 0 Å². The molecule has 3 atom stereocenters. The van der Waals surface area contributed by atoms with Crippen LogP contribution in [0.15, 0.2) is 72.9 Å². The first kappa shape index (κ1) is 74.9. The Bertz CT molecular complexity index is 1590. The van der Waals surface area contributed by atoms with Crippen LogP contribution in [-0.4, -0.2) is 66.5 Å². The second-order valence-corrected chi connectivity index (χ2v) is 22.7. The lowest BCUT2D eigenvalue weighted by atomic mass is 10.0. The second-order valence-electron chi connectivity index (χ2n) is 21.2.